The lowest BCUT2D eigenvalue weighted by Gasteiger charge is -2.10. The van der Waals surface area contributed by atoms with Crippen LogP contribution >= 0.6 is 0 Å². The van der Waals surface area contributed by atoms with Gasteiger partial charge in [0.2, 0.25) is 5.91 Å². The van der Waals surface area contributed by atoms with E-state index in [2.05, 4.69) is 10.3 Å². The molecule has 0 unspecified atom stereocenters. The van der Waals surface area contributed by atoms with E-state index in [0.29, 0.717) is 18.8 Å². The Morgan fingerprint density at radius 1 is 1.12 bits per heavy atom. The van der Waals surface area contributed by atoms with Crippen LogP contribution in [0.25, 0.3) is 11.0 Å². The number of carboxylic acid groups (broad SMARTS) is 1. The number of amides is 1. The van der Waals surface area contributed by atoms with Crippen molar-refractivity contribution in [3.8, 4) is 0 Å². The molecule has 0 aliphatic rings. The lowest BCUT2D eigenvalue weighted by molar-refractivity contribution is -0.137. The van der Waals surface area contributed by atoms with Crippen LogP contribution in [-0.2, 0) is 22.6 Å². The van der Waals surface area contributed by atoms with Gasteiger partial charge in [-0.3, -0.25) is 9.59 Å². The molecule has 0 fully saturated rings. The van der Waals surface area contributed by atoms with E-state index < -0.39 is 5.97 Å². The molecule has 0 radical (unpaired) electrons. The number of nitrogens with zero attached hydrogens (tertiary/aromatic N) is 2. The number of carbonyl (C=O) groups is 2. The predicted molar refractivity (Wildman–Crippen MR) is 100 cm³/mol. The van der Waals surface area contributed by atoms with Crippen LogP contribution in [0, 0.1) is 6.92 Å². The van der Waals surface area contributed by atoms with Crippen molar-refractivity contribution in [2.75, 3.05) is 5.32 Å². The van der Waals surface area contributed by atoms with Crippen molar-refractivity contribution in [3.63, 3.8) is 0 Å². The van der Waals surface area contributed by atoms with Crippen LogP contribution in [0.4, 0.5) is 5.69 Å². The monoisotopic (exact) mass is 351 g/mol. The van der Waals surface area contributed by atoms with Crippen LogP contribution < -0.4 is 5.32 Å². The van der Waals surface area contributed by atoms with Crippen LogP contribution in [-0.4, -0.2) is 26.5 Å². The standard InChI is InChI=1S/C20H21N3O3/c1-14-5-4-6-15(13-14)21-19(24)11-12-23-17-8-3-2-7-16(17)22-18(23)9-10-20(25)26/h2-8,13H,9-12H2,1H3,(H,21,24)(H,25,26). The number of hydrogen-bond acceptors (Lipinski definition) is 3. The number of aryl methyl sites for hydroxylation is 3. The average Bonchev–Trinajstić information content (AvgIpc) is 2.96. The Morgan fingerprint density at radius 3 is 2.69 bits per heavy atom. The highest BCUT2D eigenvalue weighted by molar-refractivity contribution is 5.90. The maximum Gasteiger partial charge on any atom is 0.303 e. The largest absolute Gasteiger partial charge is 0.481 e. The number of carboxylic acids is 1. The molecule has 1 heterocycles. The second kappa shape index (κ2) is 7.82. The summed E-state index contributed by atoms with van der Waals surface area (Å²) in [7, 11) is 0. The number of aromatic nitrogens is 2. The molecule has 0 aliphatic carbocycles. The summed E-state index contributed by atoms with van der Waals surface area (Å²) in [6, 6.07) is 15.3. The first-order valence-electron chi connectivity index (χ1n) is 8.55. The fourth-order valence-electron chi connectivity index (χ4n) is 2.94. The third-order valence-electron chi connectivity index (χ3n) is 4.16. The normalized spacial score (nSPS) is 10.8. The molecule has 0 atom stereocenters. The molecule has 3 rings (SSSR count). The van der Waals surface area contributed by atoms with Crippen molar-refractivity contribution >= 4 is 28.6 Å². The summed E-state index contributed by atoms with van der Waals surface area (Å²) in [5, 5.41) is 11.8. The molecule has 134 valence electrons. The van der Waals surface area contributed by atoms with Crippen molar-refractivity contribution in [3.05, 3.63) is 59.9 Å². The highest BCUT2D eigenvalue weighted by Gasteiger charge is 2.13. The summed E-state index contributed by atoms with van der Waals surface area (Å²) in [5.74, 6) is -0.254. The van der Waals surface area contributed by atoms with Gasteiger partial charge in [-0.05, 0) is 36.8 Å². The molecule has 0 bridgehead atoms. The molecule has 6 heteroatoms. The van der Waals surface area contributed by atoms with Gasteiger partial charge >= 0.3 is 5.97 Å². The number of anilines is 1. The third kappa shape index (κ3) is 4.27. The Morgan fingerprint density at radius 2 is 1.92 bits per heavy atom. The second-order valence-electron chi connectivity index (χ2n) is 6.23. The van der Waals surface area contributed by atoms with E-state index in [-0.39, 0.29) is 18.7 Å². The molecular weight excluding hydrogens is 330 g/mol. The SMILES string of the molecule is Cc1cccc(NC(=O)CCn2c(CCC(=O)O)nc3ccccc32)c1. The van der Waals surface area contributed by atoms with Gasteiger partial charge in [0.25, 0.3) is 0 Å². The van der Waals surface area contributed by atoms with Gasteiger partial charge in [-0.15, -0.1) is 0 Å². The molecule has 0 saturated heterocycles. The number of fused-ring (bicyclic) bond motifs is 1. The topological polar surface area (TPSA) is 84.2 Å². The van der Waals surface area contributed by atoms with E-state index in [4.69, 9.17) is 5.11 Å². The van der Waals surface area contributed by atoms with E-state index in [1.807, 2.05) is 60.0 Å². The van der Waals surface area contributed by atoms with Gasteiger partial charge in [0, 0.05) is 25.1 Å². The van der Waals surface area contributed by atoms with Gasteiger partial charge in [0.05, 0.1) is 17.5 Å². The Bertz CT molecular complexity index is 946. The van der Waals surface area contributed by atoms with Gasteiger partial charge < -0.3 is 15.0 Å². The summed E-state index contributed by atoms with van der Waals surface area (Å²) in [6.45, 7) is 2.43. The van der Waals surface area contributed by atoms with Crippen molar-refractivity contribution in [1.82, 2.24) is 9.55 Å². The van der Waals surface area contributed by atoms with Crippen molar-refractivity contribution < 1.29 is 14.7 Å². The van der Waals surface area contributed by atoms with Crippen molar-refractivity contribution in [2.45, 2.75) is 32.7 Å². The van der Waals surface area contributed by atoms with E-state index in [0.717, 1.165) is 22.3 Å². The van der Waals surface area contributed by atoms with Crippen LogP contribution in [0.3, 0.4) is 0 Å². The smallest absolute Gasteiger partial charge is 0.303 e. The highest BCUT2D eigenvalue weighted by Crippen LogP contribution is 2.18. The first-order valence-corrected chi connectivity index (χ1v) is 8.55. The molecule has 26 heavy (non-hydrogen) atoms. The van der Waals surface area contributed by atoms with Crippen molar-refractivity contribution in [1.29, 1.82) is 0 Å². The second-order valence-corrected chi connectivity index (χ2v) is 6.23. The summed E-state index contributed by atoms with van der Waals surface area (Å²) in [6.07, 6.45) is 0.636. The average molecular weight is 351 g/mol. The predicted octanol–water partition coefficient (Wildman–Crippen LogP) is 3.39. The zero-order valence-corrected chi connectivity index (χ0v) is 14.6. The van der Waals surface area contributed by atoms with Gasteiger partial charge in [-0.1, -0.05) is 24.3 Å². The maximum atomic E-state index is 12.3. The Kier molecular flexibility index (Phi) is 5.31. The summed E-state index contributed by atoms with van der Waals surface area (Å²) >= 11 is 0. The fourth-order valence-corrected chi connectivity index (χ4v) is 2.94. The molecule has 1 amide bonds. The van der Waals surface area contributed by atoms with Crippen LogP contribution in [0.15, 0.2) is 48.5 Å². The number of benzene rings is 2. The summed E-state index contributed by atoms with van der Waals surface area (Å²) in [4.78, 5) is 27.7. The highest BCUT2D eigenvalue weighted by atomic mass is 16.4. The minimum Gasteiger partial charge on any atom is -0.481 e. The maximum absolute atomic E-state index is 12.3. The van der Waals surface area contributed by atoms with Crippen LogP contribution in [0.5, 0.6) is 0 Å². The molecule has 3 aromatic rings. The van der Waals surface area contributed by atoms with Crippen molar-refractivity contribution in [2.24, 2.45) is 0 Å². The van der Waals surface area contributed by atoms with Gasteiger partial charge in [-0.25, -0.2) is 4.98 Å². The molecule has 2 aromatic carbocycles. The first kappa shape index (κ1) is 17.7. The number of nitrogens with one attached hydrogen (secondary N) is 1. The van der Waals surface area contributed by atoms with Crippen LogP contribution in [0.2, 0.25) is 0 Å². The zero-order chi connectivity index (χ0) is 18.5. The lowest BCUT2D eigenvalue weighted by atomic mass is 10.2. The number of hydrogen-bond donors (Lipinski definition) is 2. The number of para-hydroxylation sites is 2. The third-order valence-corrected chi connectivity index (χ3v) is 4.16. The Balaban J connectivity index is 1.73. The first-order chi connectivity index (χ1) is 12.5. The molecule has 2 N–H and O–H groups in total. The van der Waals surface area contributed by atoms with Gasteiger partial charge in [0.15, 0.2) is 0 Å². The van der Waals surface area contributed by atoms with E-state index >= 15 is 0 Å². The van der Waals surface area contributed by atoms with E-state index in [1.165, 1.54) is 0 Å². The minimum atomic E-state index is -0.860. The van der Waals surface area contributed by atoms with Crippen LogP contribution in [0.1, 0.15) is 24.2 Å². The van der Waals surface area contributed by atoms with E-state index in [1.54, 1.807) is 0 Å². The quantitative estimate of drug-likeness (QED) is 0.683. The number of rotatable bonds is 7. The molecule has 1 aromatic heterocycles. The minimum absolute atomic E-state index is 0.0127. The summed E-state index contributed by atoms with van der Waals surface area (Å²) < 4.78 is 1.94. The number of carbonyl (C=O) groups excluding carboxylic acids is 1. The molecule has 0 spiro atoms. The molecule has 0 aliphatic heterocycles. The molecular formula is C20H21N3O3. The Labute approximate surface area is 151 Å². The van der Waals surface area contributed by atoms with Gasteiger partial charge in [-0.2, -0.15) is 0 Å². The number of imidazole rings is 1. The van der Waals surface area contributed by atoms with Gasteiger partial charge in [0.1, 0.15) is 5.82 Å². The van der Waals surface area contributed by atoms with E-state index in [9.17, 15) is 9.59 Å². The zero-order valence-electron chi connectivity index (χ0n) is 14.6. The number of aliphatic carboxylic acids is 1. The molecule has 6 nitrogen and oxygen atoms in total. The fraction of sp³-hybridized carbons (Fsp3) is 0.250. The Hall–Kier alpha value is -3.15. The lowest BCUT2D eigenvalue weighted by Crippen LogP contribution is -2.16. The summed E-state index contributed by atoms with van der Waals surface area (Å²) in [5.41, 5.74) is 3.58. The molecule has 0 saturated carbocycles.